The molecule has 0 aromatic carbocycles. The molecule has 0 aromatic heterocycles. The van der Waals surface area contributed by atoms with E-state index in [0.717, 1.165) is 25.9 Å². The third-order valence-corrected chi connectivity index (χ3v) is 2.75. The summed E-state index contributed by atoms with van der Waals surface area (Å²) in [6.07, 6.45) is 2.32. The van der Waals surface area contributed by atoms with Crippen LogP contribution in [0, 0.1) is 5.92 Å². The Balaban J connectivity index is 2.23. The van der Waals surface area contributed by atoms with Crippen LogP contribution in [0.25, 0.3) is 0 Å². The standard InChI is InChI=1S/C10H19NO3/c1-14-7-4-10(13)11-5-2-9(8-12)3-6-11/h9,12H,2-8H2,1H3. The van der Waals surface area contributed by atoms with Gasteiger partial charge in [-0.3, -0.25) is 4.79 Å². The number of aliphatic hydroxyl groups excluding tert-OH is 1. The van der Waals surface area contributed by atoms with Gasteiger partial charge in [-0.05, 0) is 18.8 Å². The second-order valence-corrected chi connectivity index (χ2v) is 3.75. The van der Waals surface area contributed by atoms with Crippen molar-refractivity contribution >= 4 is 5.91 Å². The zero-order chi connectivity index (χ0) is 10.4. The number of hydrogen-bond acceptors (Lipinski definition) is 3. The average Bonchev–Trinajstić information content (AvgIpc) is 2.26. The van der Waals surface area contributed by atoms with E-state index in [2.05, 4.69) is 0 Å². The van der Waals surface area contributed by atoms with E-state index in [-0.39, 0.29) is 12.5 Å². The molecule has 1 fully saturated rings. The first-order valence-electron chi connectivity index (χ1n) is 5.15. The van der Waals surface area contributed by atoms with E-state index in [4.69, 9.17) is 9.84 Å². The first kappa shape index (κ1) is 11.5. The van der Waals surface area contributed by atoms with E-state index < -0.39 is 0 Å². The molecule has 0 saturated carbocycles. The van der Waals surface area contributed by atoms with Crippen LogP contribution in [0.15, 0.2) is 0 Å². The van der Waals surface area contributed by atoms with Gasteiger partial charge >= 0.3 is 0 Å². The van der Waals surface area contributed by atoms with Gasteiger partial charge in [0.1, 0.15) is 0 Å². The number of nitrogens with zero attached hydrogens (tertiary/aromatic N) is 1. The van der Waals surface area contributed by atoms with Crippen LogP contribution < -0.4 is 0 Å². The Morgan fingerprint density at radius 2 is 2.14 bits per heavy atom. The predicted octanol–water partition coefficient (Wildman–Crippen LogP) is 0.254. The second kappa shape index (κ2) is 5.98. The van der Waals surface area contributed by atoms with Crippen molar-refractivity contribution in [2.45, 2.75) is 19.3 Å². The molecule has 14 heavy (non-hydrogen) atoms. The fraction of sp³-hybridized carbons (Fsp3) is 0.900. The molecule has 1 saturated heterocycles. The third-order valence-electron chi connectivity index (χ3n) is 2.75. The number of hydrogen-bond donors (Lipinski definition) is 1. The minimum absolute atomic E-state index is 0.170. The van der Waals surface area contributed by atoms with Gasteiger partial charge in [-0.1, -0.05) is 0 Å². The van der Waals surface area contributed by atoms with Gasteiger partial charge in [-0.25, -0.2) is 0 Å². The molecular weight excluding hydrogens is 182 g/mol. The molecular formula is C10H19NO3. The van der Waals surface area contributed by atoms with Gasteiger partial charge in [-0.2, -0.15) is 0 Å². The zero-order valence-electron chi connectivity index (χ0n) is 8.74. The van der Waals surface area contributed by atoms with E-state index in [1.165, 1.54) is 0 Å². The molecule has 1 N–H and O–H groups in total. The summed E-state index contributed by atoms with van der Waals surface area (Å²) in [5, 5.41) is 8.93. The normalized spacial score (nSPS) is 18.6. The zero-order valence-corrected chi connectivity index (χ0v) is 8.74. The van der Waals surface area contributed by atoms with E-state index in [1.807, 2.05) is 4.90 Å². The summed E-state index contributed by atoms with van der Waals surface area (Å²) >= 11 is 0. The van der Waals surface area contributed by atoms with Crippen molar-refractivity contribution in [1.29, 1.82) is 0 Å². The highest BCUT2D eigenvalue weighted by molar-refractivity contribution is 5.76. The lowest BCUT2D eigenvalue weighted by Gasteiger charge is -2.31. The van der Waals surface area contributed by atoms with Crippen LogP contribution >= 0.6 is 0 Å². The maximum atomic E-state index is 11.5. The number of ether oxygens (including phenoxy) is 1. The number of aliphatic hydroxyl groups is 1. The maximum Gasteiger partial charge on any atom is 0.224 e. The Kier molecular flexibility index (Phi) is 4.90. The number of carbonyl (C=O) groups excluding carboxylic acids is 1. The van der Waals surface area contributed by atoms with Gasteiger partial charge < -0.3 is 14.7 Å². The highest BCUT2D eigenvalue weighted by atomic mass is 16.5. The number of methoxy groups -OCH3 is 1. The van der Waals surface area contributed by atoms with Gasteiger partial charge in [0.05, 0.1) is 13.0 Å². The lowest BCUT2D eigenvalue weighted by Crippen LogP contribution is -2.39. The smallest absolute Gasteiger partial charge is 0.224 e. The van der Waals surface area contributed by atoms with Crippen molar-refractivity contribution in [3.8, 4) is 0 Å². The molecule has 0 radical (unpaired) electrons. The van der Waals surface area contributed by atoms with Crippen LogP contribution in [0.1, 0.15) is 19.3 Å². The first-order chi connectivity index (χ1) is 6.77. The van der Waals surface area contributed by atoms with Gasteiger partial charge in [0.2, 0.25) is 5.91 Å². The second-order valence-electron chi connectivity index (χ2n) is 3.75. The lowest BCUT2D eigenvalue weighted by atomic mass is 9.98. The molecule has 0 aliphatic carbocycles. The van der Waals surface area contributed by atoms with Crippen LogP contribution in [0.5, 0.6) is 0 Å². The molecule has 0 aromatic rings. The van der Waals surface area contributed by atoms with Crippen LogP contribution in [0.3, 0.4) is 0 Å². The van der Waals surface area contributed by atoms with Crippen molar-refractivity contribution in [3.63, 3.8) is 0 Å². The highest BCUT2D eigenvalue weighted by Gasteiger charge is 2.21. The predicted molar refractivity (Wildman–Crippen MR) is 52.9 cm³/mol. The Labute approximate surface area is 84.8 Å². The van der Waals surface area contributed by atoms with Crippen molar-refractivity contribution in [1.82, 2.24) is 4.90 Å². The number of carbonyl (C=O) groups is 1. The molecule has 0 unspecified atom stereocenters. The molecule has 0 atom stereocenters. The summed E-state index contributed by atoms with van der Waals surface area (Å²) < 4.78 is 4.86. The molecule has 1 amide bonds. The molecule has 1 aliphatic rings. The Bertz CT molecular complexity index is 176. The summed E-state index contributed by atoms with van der Waals surface area (Å²) in [7, 11) is 1.60. The molecule has 82 valence electrons. The van der Waals surface area contributed by atoms with E-state index >= 15 is 0 Å². The summed E-state index contributed by atoms with van der Waals surface area (Å²) in [5.41, 5.74) is 0. The summed E-state index contributed by atoms with van der Waals surface area (Å²) in [4.78, 5) is 13.4. The van der Waals surface area contributed by atoms with Gasteiger partial charge in [0.25, 0.3) is 0 Å². The minimum Gasteiger partial charge on any atom is -0.396 e. The summed E-state index contributed by atoms with van der Waals surface area (Å²) in [6, 6.07) is 0. The van der Waals surface area contributed by atoms with E-state index in [1.54, 1.807) is 7.11 Å². The van der Waals surface area contributed by atoms with Crippen LogP contribution in [0.4, 0.5) is 0 Å². The highest BCUT2D eigenvalue weighted by Crippen LogP contribution is 2.16. The summed E-state index contributed by atoms with van der Waals surface area (Å²) in [6.45, 7) is 2.32. The Morgan fingerprint density at radius 1 is 1.50 bits per heavy atom. The Morgan fingerprint density at radius 3 is 2.64 bits per heavy atom. The van der Waals surface area contributed by atoms with Gasteiger partial charge in [-0.15, -0.1) is 0 Å². The number of piperidine rings is 1. The largest absolute Gasteiger partial charge is 0.396 e. The van der Waals surface area contributed by atoms with Crippen molar-refractivity contribution in [2.24, 2.45) is 5.92 Å². The van der Waals surface area contributed by atoms with Crippen LogP contribution in [-0.4, -0.2) is 49.3 Å². The fourth-order valence-corrected chi connectivity index (χ4v) is 1.71. The molecule has 1 heterocycles. The van der Waals surface area contributed by atoms with Crippen molar-refractivity contribution < 1.29 is 14.6 Å². The number of rotatable bonds is 4. The quantitative estimate of drug-likeness (QED) is 0.709. The third kappa shape index (κ3) is 3.27. The SMILES string of the molecule is COCCC(=O)N1CCC(CO)CC1. The van der Waals surface area contributed by atoms with E-state index in [9.17, 15) is 4.79 Å². The average molecular weight is 201 g/mol. The lowest BCUT2D eigenvalue weighted by molar-refractivity contribution is -0.133. The Hall–Kier alpha value is -0.610. The van der Waals surface area contributed by atoms with Crippen molar-refractivity contribution in [2.75, 3.05) is 33.4 Å². The van der Waals surface area contributed by atoms with Crippen molar-refractivity contribution in [3.05, 3.63) is 0 Å². The molecule has 4 heteroatoms. The monoisotopic (exact) mass is 201 g/mol. The van der Waals surface area contributed by atoms with Crippen LogP contribution in [-0.2, 0) is 9.53 Å². The fourth-order valence-electron chi connectivity index (χ4n) is 1.71. The first-order valence-corrected chi connectivity index (χ1v) is 5.15. The van der Waals surface area contributed by atoms with Gasteiger partial charge in [0.15, 0.2) is 0 Å². The van der Waals surface area contributed by atoms with E-state index in [0.29, 0.717) is 18.9 Å². The number of likely N-dealkylation sites (tertiary alicyclic amines) is 1. The molecule has 0 spiro atoms. The maximum absolute atomic E-state index is 11.5. The van der Waals surface area contributed by atoms with Gasteiger partial charge in [0, 0.05) is 26.8 Å². The molecule has 0 bridgehead atoms. The molecule has 4 nitrogen and oxygen atoms in total. The summed E-state index contributed by atoms with van der Waals surface area (Å²) in [5.74, 6) is 0.560. The topological polar surface area (TPSA) is 49.8 Å². The molecule has 1 aliphatic heterocycles. The molecule has 1 rings (SSSR count). The van der Waals surface area contributed by atoms with Crippen LogP contribution in [0.2, 0.25) is 0 Å². The number of amides is 1. The minimum atomic E-state index is 0.170.